The van der Waals surface area contributed by atoms with E-state index in [0.29, 0.717) is 36.4 Å². The van der Waals surface area contributed by atoms with Crippen LogP contribution in [-0.4, -0.2) is 62.7 Å². The van der Waals surface area contributed by atoms with Crippen molar-refractivity contribution in [3.8, 4) is 0 Å². The molecule has 30 heavy (non-hydrogen) atoms. The Morgan fingerprint density at radius 2 is 2.03 bits per heavy atom. The number of aromatic amines is 1. The van der Waals surface area contributed by atoms with Crippen LogP contribution in [0.25, 0.3) is 5.52 Å². The zero-order valence-corrected chi connectivity index (χ0v) is 19.6. The number of hydrogen-bond acceptors (Lipinski definition) is 6. The van der Waals surface area contributed by atoms with Crippen LogP contribution < -0.4 is 5.56 Å². The number of fused-ring (bicyclic) bond motifs is 1. The Kier molecular flexibility index (Phi) is 6.11. The van der Waals surface area contributed by atoms with Gasteiger partial charge in [0.15, 0.2) is 0 Å². The summed E-state index contributed by atoms with van der Waals surface area (Å²) in [6.07, 6.45) is 2.85. The molecule has 166 valence electrons. The quantitative estimate of drug-likeness (QED) is 0.650. The van der Waals surface area contributed by atoms with Crippen molar-refractivity contribution in [2.24, 2.45) is 5.92 Å². The Bertz CT molecular complexity index is 960. The molecule has 4 rings (SSSR count). The molecule has 0 amide bonds. The van der Waals surface area contributed by atoms with Crippen molar-refractivity contribution < 1.29 is 14.6 Å². The average Bonchev–Trinajstić information content (AvgIpc) is 3.22. The lowest BCUT2D eigenvalue weighted by molar-refractivity contribution is -0.234. The summed E-state index contributed by atoms with van der Waals surface area (Å²) in [5, 5.41) is 10.5. The first-order valence-electron chi connectivity index (χ1n) is 10.6. The van der Waals surface area contributed by atoms with Crippen LogP contribution >= 0.6 is 15.9 Å². The molecule has 0 radical (unpaired) electrons. The van der Waals surface area contributed by atoms with E-state index in [1.54, 1.807) is 0 Å². The van der Waals surface area contributed by atoms with Gasteiger partial charge in [0.1, 0.15) is 15.9 Å². The lowest BCUT2D eigenvalue weighted by atomic mass is 9.95. The van der Waals surface area contributed by atoms with Crippen molar-refractivity contribution >= 4 is 21.4 Å². The Morgan fingerprint density at radius 1 is 1.33 bits per heavy atom. The summed E-state index contributed by atoms with van der Waals surface area (Å²) in [5.41, 5.74) is 0.820. The minimum atomic E-state index is -0.965. The van der Waals surface area contributed by atoms with Gasteiger partial charge in [-0.15, -0.1) is 0 Å². The van der Waals surface area contributed by atoms with E-state index in [9.17, 15) is 9.90 Å². The van der Waals surface area contributed by atoms with Crippen molar-refractivity contribution in [1.82, 2.24) is 19.3 Å². The van der Waals surface area contributed by atoms with Gasteiger partial charge in [-0.05, 0) is 55.5 Å². The maximum Gasteiger partial charge on any atom is 0.275 e. The van der Waals surface area contributed by atoms with E-state index in [1.165, 1.54) is 0 Å². The molecule has 3 atom stereocenters. The van der Waals surface area contributed by atoms with Gasteiger partial charge in [0.2, 0.25) is 6.41 Å². The molecular weight excluding hydrogens is 452 g/mol. The van der Waals surface area contributed by atoms with Crippen molar-refractivity contribution in [1.29, 1.82) is 0 Å². The van der Waals surface area contributed by atoms with Crippen molar-refractivity contribution in [2.45, 2.75) is 64.4 Å². The Hall–Kier alpha value is -1.26. The van der Waals surface area contributed by atoms with Gasteiger partial charge in [-0.2, -0.15) is 0 Å². The highest BCUT2D eigenvalue weighted by Gasteiger charge is 2.37. The van der Waals surface area contributed by atoms with E-state index in [-0.39, 0.29) is 23.3 Å². The molecule has 2 fully saturated rings. The molecule has 9 heteroatoms. The molecule has 2 aliphatic heterocycles. The number of halogens is 1. The van der Waals surface area contributed by atoms with Crippen LogP contribution in [0.1, 0.15) is 63.9 Å². The SMILES string of the molecule is C[C@@H]1CN(C(O)OC(C)(C)C)C[C@H]1c1cn2c(C3CCOCC3)nc(Br)c2c(=O)[nH]1. The number of nitrogens with zero attached hydrogens (tertiary/aromatic N) is 3. The average molecular weight is 483 g/mol. The third-order valence-electron chi connectivity index (χ3n) is 6.03. The summed E-state index contributed by atoms with van der Waals surface area (Å²) >= 11 is 3.47. The van der Waals surface area contributed by atoms with E-state index in [2.05, 4.69) is 32.8 Å². The zero-order chi connectivity index (χ0) is 21.6. The molecule has 2 aromatic rings. The van der Waals surface area contributed by atoms with Crippen molar-refractivity contribution in [2.75, 3.05) is 26.3 Å². The van der Waals surface area contributed by atoms with Crippen molar-refractivity contribution in [3.63, 3.8) is 0 Å². The maximum atomic E-state index is 12.9. The third-order valence-corrected chi connectivity index (χ3v) is 6.59. The summed E-state index contributed by atoms with van der Waals surface area (Å²) in [6.45, 7) is 10.7. The summed E-state index contributed by atoms with van der Waals surface area (Å²) in [5.74, 6) is 1.52. The highest BCUT2D eigenvalue weighted by atomic mass is 79.9. The van der Waals surface area contributed by atoms with Gasteiger partial charge in [-0.3, -0.25) is 14.1 Å². The van der Waals surface area contributed by atoms with Crippen LogP contribution in [0, 0.1) is 5.92 Å². The Morgan fingerprint density at radius 3 is 2.70 bits per heavy atom. The summed E-state index contributed by atoms with van der Waals surface area (Å²) < 4.78 is 13.7. The molecule has 2 aliphatic rings. The summed E-state index contributed by atoms with van der Waals surface area (Å²) in [6, 6.07) is 0. The second kappa shape index (κ2) is 8.35. The largest absolute Gasteiger partial charge is 0.381 e. The van der Waals surface area contributed by atoms with E-state index in [1.807, 2.05) is 36.3 Å². The topological polar surface area (TPSA) is 92.1 Å². The molecule has 2 N–H and O–H groups in total. The lowest BCUT2D eigenvalue weighted by Crippen LogP contribution is -2.40. The lowest BCUT2D eigenvalue weighted by Gasteiger charge is -2.29. The van der Waals surface area contributed by atoms with E-state index >= 15 is 0 Å². The summed E-state index contributed by atoms with van der Waals surface area (Å²) in [7, 11) is 0. The fraction of sp³-hybridized carbons (Fsp3) is 0.714. The predicted octanol–water partition coefficient (Wildman–Crippen LogP) is 2.81. The number of hydrogen-bond donors (Lipinski definition) is 2. The number of aromatic nitrogens is 3. The fourth-order valence-corrected chi connectivity index (χ4v) is 5.08. The standard InChI is InChI=1S/C21H31BrN4O4/c1-12-9-25(20(28)30-21(2,3)4)10-14(12)15-11-26-16(19(27)23-15)17(22)24-18(26)13-5-7-29-8-6-13/h11-14,20,28H,5-10H2,1-4H3,(H,23,27)/t12-,14-,20?/m1/s1. The number of aliphatic hydroxyl groups is 1. The molecule has 0 aliphatic carbocycles. The molecule has 2 aromatic heterocycles. The molecule has 2 saturated heterocycles. The Balaban J connectivity index is 1.65. The smallest absolute Gasteiger partial charge is 0.275 e. The first kappa shape index (κ1) is 22.0. The zero-order valence-electron chi connectivity index (χ0n) is 18.0. The normalized spacial score (nSPS) is 25.3. The van der Waals surface area contributed by atoms with Gasteiger partial charge in [-0.1, -0.05) is 6.92 Å². The van der Waals surface area contributed by atoms with Gasteiger partial charge in [0, 0.05) is 50.0 Å². The minimum Gasteiger partial charge on any atom is -0.381 e. The summed E-state index contributed by atoms with van der Waals surface area (Å²) in [4.78, 5) is 22.6. The molecule has 0 saturated carbocycles. The molecule has 1 unspecified atom stereocenters. The van der Waals surface area contributed by atoms with Crippen LogP contribution in [0.3, 0.4) is 0 Å². The van der Waals surface area contributed by atoms with Crippen molar-refractivity contribution in [3.05, 3.63) is 32.7 Å². The molecule has 4 heterocycles. The van der Waals surface area contributed by atoms with E-state index < -0.39 is 12.0 Å². The van der Waals surface area contributed by atoms with Gasteiger partial charge in [0.05, 0.1) is 5.60 Å². The van der Waals surface area contributed by atoms with Gasteiger partial charge >= 0.3 is 0 Å². The second-order valence-electron chi connectivity index (χ2n) is 9.50. The molecule has 0 bridgehead atoms. The molecular formula is C21H31BrN4O4. The highest BCUT2D eigenvalue weighted by Crippen LogP contribution is 2.34. The fourth-order valence-electron chi connectivity index (χ4n) is 4.53. The molecule has 8 nitrogen and oxygen atoms in total. The van der Waals surface area contributed by atoms with Crippen LogP contribution in [0.4, 0.5) is 0 Å². The molecule has 0 spiro atoms. The number of nitrogens with one attached hydrogen (secondary N) is 1. The molecule has 0 aromatic carbocycles. The first-order chi connectivity index (χ1) is 14.1. The van der Waals surface area contributed by atoms with E-state index in [0.717, 1.165) is 24.4 Å². The van der Waals surface area contributed by atoms with E-state index in [4.69, 9.17) is 9.47 Å². The highest BCUT2D eigenvalue weighted by molar-refractivity contribution is 9.10. The van der Waals surface area contributed by atoms with Crippen LogP contribution in [0.2, 0.25) is 0 Å². The van der Waals surface area contributed by atoms with Crippen LogP contribution in [0.15, 0.2) is 15.6 Å². The Labute approximate surface area is 184 Å². The number of aliphatic hydroxyl groups excluding tert-OH is 1. The van der Waals surface area contributed by atoms with Crippen LogP contribution in [-0.2, 0) is 9.47 Å². The maximum absolute atomic E-state index is 12.9. The number of imidazole rings is 1. The number of H-pyrrole nitrogens is 1. The van der Waals surface area contributed by atoms with Crippen LogP contribution in [0.5, 0.6) is 0 Å². The van der Waals surface area contributed by atoms with Gasteiger partial charge in [0.25, 0.3) is 5.56 Å². The number of ether oxygens (including phenoxy) is 2. The number of likely N-dealkylation sites (tertiary alicyclic amines) is 1. The third kappa shape index (κ3) is 4.36. The first-order valence-corrected chi connectivity index (χ1v) is 11.4. The van der Waals surface area contributed by atoms with Gasteiger partial charge in [-0.25, -0.2) is 4.98 Å². The minimum absolute atomic E-state index is 0.0871. The predicted molar refractivity (Wildman–Crippen MR) is 117 cm³/mol. The van der Waals surface area contributed by atoms with Gasteiger partial charge < -0.3 is 19.6 Å². The monoisotopic (exact) mass is 482 g/mol. The number of rotatable bonds is 4. The second-order valence-corrected chi connectivity index (χ2v) is 10.2.